The van der Waals surface area contributed by atoms with E-state index in [0.29, 0.717) is 0 Å². The zero-order valence-electron chi connectivity index (χ0n) is 16.8. The number of hydrogen-bond donors (Lipinski definition) is 0. The van der Waals surface area contributed by atoms with Gasteiger partial charge in [-0.3, -0.25) is 0 Å². The van der Waals surface area contributed by atoms with E-state index < -0.39 is 0 Å². The first-order valence-corrected chi connectivity index (χ1v) is 9.48. The summed E-state index contributed by atoms with van der Waals surface area (Å²) < 4.78 is 1.90. The number of fused-ring (bicyclic) bond motifs is 1. The number of aryl methyl sites for hydroxylation is 1. The fourth-order valence-corrected chi connectivity index (χ4v) is 3.39. The molecule has 0 atom stereocenters. The average molecular weight is 365 g/mol. The van der Waals surface area contributed by atoms with E-state index in [1.807, 2.05) is 17.6 Å². The van der Waals surface area contributed by atoms with Crippen LogP contribution in [-0.2, 0) is 5.41 Å². The molecule has 3 aromatic rings. The molecule has 142 valence electrons. The molecule has 0 radical (unpaired) electrons. The summed E-state index contributed by atoms with van der Waals surface area (Å²) in [6.07, 6.45) is 3.70. The Bertz CT molecular complexity index is 962. The van der Waals surface area contributed by atoms with E-state index in [1.54, 1.807) is 6.33 Å². The first kappa shape index (κ1) is 17.7. The minimum atomic E-state index is 0.0209. The van der Waals surface area contributed by atoms with Crippen LogP contribution in [-0.4, -0.2) is 50.7 Å². The smallest absolute Gasteiger partial charge is 0.153 e. The second kappa shape index (κ2) is 6.48. The summed E-state index contributed by atoms with van der Waals surface area (Å²) >= 11 is 0. The van der Waals surface area contributed by atoms with Crippen LogP contribution in [0, 0.1) is 13.8 Å². The van der Waals surface area contributed by atoms with Gasteiger partial charge in [0.05, 0.1) is 11.9 Å². The second-order valence-corrected chi connectivity index (χ2v) is 8.25. The number of hydrogen-bond acceptors (Lipinski definition) is 6. The van der Waals surface area contributed by atoms with Crippen LogP contribution in [0.15, 0.2) is 24.7 Å². The van der Waals surface area contributed by atoms with Crippen LogP contribution < -0.4 is 9.80 Å². The Morgan fingerprint density at radius 3 is 2.33 bits per heavy atom. The van der Waals surface area contributed by atoms with Crippen LogP contribution >= 0.6 is 0 Å². The molecule has 3 aromatic heterocycles. The third-order valence-electron chi connectivity index (χ3n) is 5.29. The van der Waals surface area contributed by atoms with Gasteiger partial charge in [0.2, 0.25) is 0 Å². The zero-order valence-corrected chi connectivity index (χ0v) is 16.8. The normalized spacial score (nSPS) is 15.6. The minimum absolute atomic E-state index is 0.0209. The molecule has 0 bridgehead atoms. The molecule has 4 heterocycles. The summed E-state index contributed by atoms with van der Waals surface area (Å²) in [6, 6.07) is 4.13. The molecule has 7 nitrogen and oxygen atoms in total. The van der Waals surface area contributed by atoms with Gasteiger partial charge in [0.25, 0.3) is 0 Å². The van der Waals surface area contributed by atoms with Crippen molar-refractivity contribution in [3.05, 3.63) is 41.6 Å². The molecule has 1 aliphatic heterocycles. The van der Waals surface area contributed by atoms with Gasteiger partial charge in [-0.2, -0.15) is 0 Å². The molecule has 0 aliphatic carbocycles. The van der Waals surface area contributed by atoms with Gasteiger partial charge in [-0.15, -0.1) is 5.10 Å². The largest absolute Gasteiger partial charge is 0.353 e. The molecule has 7 heteroatoms. The van der Waals surface area contributed by atoms with Gasteiger partial charge in [-0.05, 0) is 26.0 Å². The van der Waals surface area contributed by atoms with Crippen LogP contribution in [0.3, 0.4) is 0 Å². The molecular weight excluding hydrogens is 338 g/mol. The van der Waals surface area contributed by atoms with Crippen molar-refractivity contribution in [3.63, 3.8) is 0 Å². The molecule has 4 rings (SSSR count). The van der Waals surface area contributed by atoms with Crippen molar-refractivity contribution in [2.45, 2.75) is 40.0 Å². The molecule has 0 unspecified atom stereocenters. The number of nitrogens with zero attached hydrogens (tertiary/aromatic N) is 7. The quantitative estimate of drug-likeness (QED) is 0.696. The molecule has 27 heavy (non-hydrogen) atoms. The van der Waals surface area contributed by atoms with Gasteiger partial charge >= 0.3 is 0 Å². The Morgan fingerprint density at radius 2 is 1.63 bits per heavy atom. The Hall–Kier alpha value is -2.70. The van der Waals surface area contributed by atoms with E-state index in [0.717, 1.165) is 54.8 Å². The van der Waals surface area contributed by atoms with E-state index in [-0.39, 0.29) is 5.41 Å². The minimum Gasteiger partial charge on any atom is -0.353 e. The van der Waals surface area contributed by atoms with Gasteiger partial charge in [0.1, 0.15) is 18.0 Å². The van der Waals surface area contributed by atoms with Gasteiger partial charge in [0, 0.05) is 42.9 Å². The van der Waals surface area contributed by atoms with Gasteiger partial charge < -0.3 is 9.80 Å². The van der Waals surface area contributed by atoms with Gasteiger partial charge in [-0.25, -0.2) is 19.5 Å². The monoisotopic (exact) mass is 365 g/mol. The van der Waals surface area contributed by atoms with E-state index in [9.17, 15) is 0 Å². The van der Waals surface area contributed by atoms with Crippen molar-refractivity contribution < 1.29 is 0 Å². The SMILES string of the molecule is Cc1ncnc(N2CCN(c3ccc4nc(C(C)(C)C)cn4n3)CC2)c1C. The molecular formula is C20H27N7. The lowest BCUT2D eigenvalue weighted by Gasteiger charge is -2.36. The topological polar surface area (TPSA) is 62.5 Å². The summed E-state index contributed by atoms with van der Waals surface area (Å²) in [4.78, 5) is 18.1. The fraction of sp³-hybridized carbons (Fsp3) is 0.500. The van der Waals surface area contributed by atoms with Crippen LogP contribution in [0.4, 0.5) is 11.6 Å². The summed E-state index contributed by atoms with van der Waals surface area (Å²) in [5.74, 6) is 2.05. The lowest BCUT2D eigenvalue weighted by molar-refractivity contribution is 0.572. The van der Waals surface area contributed by atoms with E-state index >= 15 is 0 Å². The Morgan fingerprint density at radius 1 is 0.926 bits per heavy atom. The van der Waals surface area contributed by atoms with Crippen molar-refractivity contribution in [1.29, 1.82) is 0 Å². The molecule has 1 saturated heterocycles. The highest BCUT2D eigenvalue weighted by Crippen LogP contribution is 2.24. The zero-order chi connectivity index (χ0) is 19.2. The van der Waals surface area contributed by atoms with Crippen molar-refractivity contribution in [2.24, 2.45) is 0 Å². The molecule has 0 amide bonds. The number of imidazole rings is 1. The standard InChI is InChI=1S/C20H27N7/c1-14-15(2)21-13-22-19(14)26-10-8-25(9-11-26)18-7-6-17-23-16(20(3,4)5)12-27(17)24-18/h6-7,12-13H,8-11H2,1-5H3. The highest BCUT2D eigenvalue weighted by Gasteiger charge is 2.22. The maximum atomic E-state index is 4.80. The van der Waals surface area contributed by atoms with Crippen LogP contribution in [0.2, 0.25) is 0 Å². The van der Waals surface area contributed by atoms with E-state index in [4.69, 9.17) is 10.1 Å². The van der Waals surface area contributed by atoms with Crippen molar-refractivity contribution in [3.8, 4) is 0 Å². The summed E-state index contributed by atoms with van der Waals surface area (Å²) in [7, 11) is 0. The number of piperazine rings is 1. The van der Waals surface area contributed by atoms with Crippen LogP contribution in [0.5, 0.6) is 0 Å². The Labute approximate surface area is 160 Å². The fourth-order valence-electron chi connectivity index (χ4n) is 3.39. The first-order valence-electron chi connectivity index (χ1n) is 9.48. The van der Waals surface area contributed by atoms with Crippen molar-refractivity contribution in [1.82, 2.24) is 24.6 Å². The Kier molecular flexibility index (Phi) is 4.25. The predicted molar refractivity (Wildman–Crippen MR) is 108 cm³/mol. The second-order valence-electron chi connectivity index (χ2n) is 8.25. The van der Waals surface area contributed by atoms with E-state index in [2.05, 4.69) is 59.6 Å². The number of anilines is 2. The third kappa shape index (κ3) is 3.34. The number of aromatic nitrogens is 5. The van der Waals surface area contributed by atoms with Gasteiger partial charge in [-0.1, -0.05) is 20.8 Å². The van der Waals surface area contributed by atoms with Gasteiger partial charge in [0.15, 0.2) is 5.65 Å². The highest BCUT2D eigenvalue weighted by molar-refractivity contribution is 5.51. The molecule has 1 fully saturated rings. The molecule has 0 N–H and O–H groups in total. The summed E-state index contributed by atoms with van der Waals surface area (Å²) in [5.41, 5.74) is 4.19. The average Bonchev–Trinajstić information content (AvgIpc) is 3.08. The van der Waals surface area contributed by atoms with Crippen molar-refractivity contribution >= 4 is 17.3 Å². The third-order valence-corrected chi connectivity index (χ3v) is 5.29. The molecule has 0 saturated carbocycles. The highest BCUT2D eigenvalue weighted by atomic mass is 15.4. The summed E-state index contributed by atoms with van der Waals surface area (Å²) in [6.45, 7) is 14.3. The van der Waals surface area contributed by atoms with E-state index in [1.165, 1.54) is 5.56 Å². The Balaban J connectivity index is 1.51. The maximum Gasteiger partial charge on any atom is 0.153 e. The lowest BCUT2D eigenvalue weighted by Crippen LogP contribution is -2.47. The van der Waals surface area contributed by atoms with Crippen LogP contribution in [0.25, 0.3) is 5.65 Å². The van der Waals surface area contributed by atoms with Crippen molar-refractivity contribution in [2.75, 3.05) is 36.0 Å². The van der Waals surface area contributed by atoms with Crippen LogP contribution in [0.1, 0.15) is 37.7 Å². The summed E-state index contributed by atoms with van der Waals surface area (Å²) in [5, 5.41) is 4.80. The number of rotatable bonds is 2. The molecule has 0 spiro atoms. The molecule has 1 aliphatic rings. The predicted octanol–water partition coefficient (Wildman–Crippen LogP) is 2.76. The first-order chi connectivity index (χ1) is 12.8. The lowest BCUT2D eigenvalue weighted by atomic mass is 9.93. The molecule has 0 aromatic carbocycles. The maximum absolute atomic E-state index is 4.80.